The Balaban J connectivity index is 2.36. The number of benzene rings is 1. The highest BCUT2D eigenvalue weighted by Gasteiger charge is 2.38. The lowest BCUT2D eigenvalue weighted by atomic mass is 10.2. The van der Waals surface area contributed by atoms with Gasteiger partial charge in [-0.3, -0.25) is 0 Å². The zero-order valence-corrected chi connectivity index (χ0v) is 13.0. The molecule has 1 saturated carbocycles. The van der Waals surface area contributed by atoms with E-state index in [4.69, 9.17) is 22.1 Å². The van der Waals surface area contributed by atoms with Crippen LogP contribution >= 0.6 is 11.6 Å². The third-order valence-electron chi connectivity index (χ3n) is 3.29. The third-order valence-corrected chi connectivity index (χ3v) is 5.72. The number of methoxy groups -OCH3 is 1. The fraction of sp³-hybridized carbons (Fsp3) is 0.538. The van der Waals surface area contributed by atoms with E-state index in [2.05, 4.69) is 0 Å². The number of halogens is 1. The molecule has 0 radical (unpaired) electrons. The Bertz CT molecular complexity index is 573. The Labute approximate surface area is 124 Å². The fourth-order valence-corrected chi connectivity index (χ4v) is 4.24. The maximum Gasteiger partial charge on any atom is 0.244 e. The van der Waals surface area contributed by atoms with Gasteiger partial charge in [0, 0.05) is 26.2 Å². The van der Waals surface area contributed by atoms with Crippen LogP contribution in [0.25, 0.3) is 0 Å². The largest absolute Gasteiger partial charge is 0.383 e. The van der Waals surface area contributed by atoms with Crippen LogP contribution in [0.1, 0.15) is 18.4 Å². The lowest BCUT2D eigenvalue weighted by molar-refractivity contribution is 0.177. The number of sulfonamides is 1. The van der Waals surface area contributed by atoms with Gasteiger partial charge in [0.25, 0.3) is 0 Å². The fourth-order valence-electron chi connectivity index (χ4n) is 2.04. The van der Waals surface area contributed by atoms with Crippen molar-refractivity contribution in [2.45, 2.75) is 30.3 Å². The van der Waals surface area contributed by atoms with E-state index in [0.717, 1.165) is 18.4 Å². The van der Waals surface area contributed by atoms with Gasteiger partial charge in [-0.1, -0.05) is 17.7 Å². The molecule has 5 nitrogen and oxygen atoms in total. The first kappa shape index (κ1) is 15.7. The molecular formula is C13H19ClN2O3S. The number of hydrogen-bond donors (Lipinski definition) is 1. The second-order valence-electron chi connectivity index (χ2n) is 4.81. The molecule has 0 aliphatic heterocycles. The minimum atomic E-state index is -3.61. The van der Waals surface area contributed by atoms with Gasteiger partial charge in [-0.2, -0.15) is 4.31 Å². The summed E-state index contributed by atoms with van der Waals surface area (Å²) in [6, 6.07) is 4.93. The van der Waals surface area contributed by atoms with E-state index in [1.54, 1.807) is 25.3 Å². The Hall–Kier alpha value is -0.660. The highest BCUT2D eigenvalue weighted by Crippen LogP contribution is 2.34. The van der Waals surface area contributed by atoms with Crippen molar-refractivity contribution >= 4 is 21.6 Å². The van der Waals surface area contributed by atoms with Gasteiger partial charge in [-0.25, -0.2) is 8.42 Å². The number of nitrogens with two attached hydrogens (primary N) is 1. The van der Waals surface area contributed by atoms with Crippen LogP contribution < -0.4 is 5.73 Å². The third kappa shape index (κ3) is 3.32. The molecule has 0 saturated heterocycles. The second kappa shape index (κ2) is 6.41. The summed E-state index contributed by atoms with van der Waals surface area (Å²) >= 11 is 6.06. The molecule has 1 aliphatic rings. The van der Waals surface area contributed by atoms with E-state index in [-0.39, 0.29) is 22.5 Å². The lowest BCUT2D eigenvalue weighted by Gasteiger charge is -2.22. The van der Waals surface area contributed by atoms with Crippen LogP contribution in [-0.2, 0) is 21.3 Å². The molecule has 1 fully saturated rings. The molecule has 2 N–H and O–H groups in total. The van der Waals surface area contributed by atoms with Crippen LogP contribution in [0.5, 0.6) is 0 Å². The molecule has 0 unspecified atom stereocenters. The van der Waals surface area contributed by atoms with Crippen LogP contribution in [0, 0.1) is 0 Å². The Morgan fingerprint density at radius 3 is 2.70 bits per heavy atom. The van der Waals surface area contributed by atoms with E-state index in [1.807, 2.05) is 0 Å². The Morgan fingerprint density at radius 1 is 1.45 bits per heavy atom. The van der Waals surface area contributed by atoms with Gasteiger partial charge in [-0.15, -0.1) is 0 Å². The lowest BCUT2D eigenvalue weighted by Crippen LogP contribution is -2.36. The van der Waals surface area contributed by atoms with Crippen molar-refractivity contribution in [2.24, 2.45) is 5.73 Å². The Kier molecular flexibility index (Phi) is 5.04. The molecule has 1 aromatic carbocycles. The highest BCUT2D eigenvalue weighted by molar-refractivity contribution is 7.89. The summed E-state index contributed by atoms with van der Waals surface area (Å²) in [7, 11) is -2.05. The molecule has 0 spiro atoms. The summed E-state index contributed by atoms with van der Waals surface area (Å²) in [6.45, 7) is 0.984. The molecule has 20 heavy (non-hydrogen) atoms. The summed E-state index contributed by atoms with van der Waals surface area (Å²) in [5.74, 6) is 0. The Morgan fingerprint density at radius 2 is 2.15 bits per heavy atom. The number of hydrogen-bond acceptors (Lipinski definition) is 4. The van der Waals surface area contributed by atoms with Crippen LogP contribution in [0.3, 0.4) is 0 Å². The van der Waals surface area contributed by atoms with Crippen LogP contribution in [0.2, 0.25) is 5.02 Å². The smallest absolute Gasteiger partial charge is 0.244 e. The van der Waals surface area contributed by atoms with E-state index in [0.29, 0.717) is 13.2 Å². The van der Waals surface area contributed by atoms with Crippen LogP contribution in [0.15, 0.2) is 23.1 Å². The molecule has 2 rings (SSSR count). The molecule has 7 heteroatoms. The van der Waals surface area contributed by atoms with Gasteiger partial charge in [0.1, 0.15) is 4.90 Å². The van der Waals surface area contributed by atoms with Crippen LogP contribution in [0.4, 0.5) is 0 Å². The van der Waals surface area contributed by atoms with E-state index in [9.17, 15) is 8.42 Å². The van der Waals surface area contributed by atoms with Gasteiger partial charge in [0.15, 0.2) is 0 Å². The first-order chi connectivity index (χ1) is 9.50. The van der Waals surface area contributed by atoms with Gasteiger partial charge < -0.3 is 10.5 Å². The number of rotatable bonds is 7. The molecule has 112 valence electrons. The van der Waals surface area contributed by atoms with E-state index < -0.39 is 10.0 Å². The normalized spacial score (nSPS) is 15.8. The molecule has 1 aliphatic carbocycles. The topological polar surface area (TPSA) is 72.6 Å². The molecule has 0 atom stereocenters. The molecule has 0 bridgehead atoms. The number of nitrogens with zero attached hydrogens (tertiary/aromatic N) is 1. The van der Waals surface area contributed by atoms with E-state index >= 15 is 0 Å². The van der Waals surface area contributed by atoms with Crippen molar-refractivity contribution in [3.63, 3.8) is 0 Å². The summed E-state index contributed by atoms with van der Waals surface area (Å²) < 4.78 is 32.0. The molecule has 0 heterocycles. The molecule has 0 aromatic heterocycles. The highest BCUT2D eigenvalue weighted by atomic mass is 35.5. The summed E-state index contributed by atoms with van der Waals surface area (Å²) in [5.41, 5.74) is 6.31. The van der Waals surface area contributed by atoms with Crippen molar-refractivity contribution in [2.75, 3.05) is 20.3 Å². The average molecular weight is 319 g/mol. The number of ether oxygens (including phenoxy) is 1. The predicted octanol–water partition coefficient (Wildman–Crippen LogP) is 1.60. The standard InChI is InChI=1S/C13H19ClN2O3S/c1-19-7-6-16(11-3-4-11)20(17,18)13-8-10(9-15)2-5-12(13)14/h2,5,8,11H,3-4,6-7,9,15H2,1H3. The minimum Gasteiger partial charge on any atom is -0.383 e. The molecule has 0 amide bonds. The quantitative estimate of drug-likeness (QED) is 0.828. The maximum atomic E-state index is 12.8. The minimum absolute atomic E-state index is 0.0627. The molecular weight excluding hydrogens is 300 g/mol. The summed E-state index contributed by atoms with van der Waals surface area (Å²) in [5, 5.41) is 0.227. The van der Waals surface area contributed by atoms with Gasteiger partial charge in [0.2, 0.25) is 10.0 Å². The van der Waals surface area contributed by atoms with Crippen molar-refractivity contribution in [3.8, 4) is 0 Å². The van der Waals surface area contributed by atoms with Crippen LogP contribution in [-0.4, -0.2) is 39.0 Å². The maximum absolute atomic E-state index is 12.8. The van der Waals surface area contributed by atoms with Crippen molar-refractivity contribution in [1.82, 2.24) is 4.31 Å². The summed E-state index contributed by atoms with van der Waals surface area (Å²) in [6.07, 6.45) is 1.77. The average Bonchev–Trinajstić information content (AvgIpc) is 3.24. The van der Waals surface area contributed by atoms with Gasteiger partial charge >= 0.3 is 0 Å². The van der Waals surface area contributed by atoms with Gasteiger partial charge in [-0.05, 0) is 30.5 Å². The van der Waals surface area contributed by atoms with Gasteiger partial charge in [0.05, 0.1) is 11.6 Å². The summed E-state index contributed by atoms with van der Waals surface area (Å²) in [4.78, 5) is 0.130. The first-order valence-corrected chi connectivity index (χ1v) is 8.31. The van der Waals surface area contributed by atoms with E-state index in [1.165, 1.54) is 4.31 Å². The van der Waals surface area contributed by atoms with Crippen molar-refractivity contribution in [1.29, 1.82) is 0 Å². The monoisotopic (exact) mass is 318 g/mol. The SMILES string of the molecule is COCCN(C1CC1)S(=O)(=O)c1cc(CN)ccc1Cl. The predicted molar refractivity (Wildman–Crippen MR) is 78.1 cm³/mol. The molecule has 1 aromatic rings. The zero-order chi connectivity index (χ0) is 14.8. The first-order valence-electron chi connectivity index (χ1n) is 6.50. The second-order valence-corrected chi connectivity index (χ2v) is 7.07. The van der Waals surface area contributed by atoms with Crippen molar-refractivity contribution < 1.29 is 13.2 Å². The van der Waals surface area contributed by atoms with Crippen molar-refractivity contribution in [3.05, 3.63) is 28.8 Å². The zero-order valence-electron chi connectivity index (χ0n) is 11.4.